The highest BCUT2D eigenvalue weighted by molar-refractivity contribution is 5.88. The van der Waals surface area contributed by atoms with Crippen LogP contribution >= 0.6 is 0 Å². The van der Waals surface area contributed by atoms with E-state index in [4.69, 9.17) is 5.73 Å². The highest BCUT2D eigenvalue weighted by Gasteiger charge is 2.37. The van der Waals surface area contributed by atoms with Crippen LogP contribution in [0.15, 0.2) is 24.3 Å². The Balaban J connectivity index is 1.78. The third-order valence-electron chi connectivity index (χ3n) is 4.62. The average Bonchev–Trinajstić information content (AvgIpc) is 2.71. The van der Waals surface area contributed by atoms with E-state index < -0.39 is 0 Å². The number of hydrogen-bond donors (Lipinski definition) is 1. The summed E-state index contributed by atoms with van der Waals surface area (Å²) in [6, 6.07) is 8.05. The van der Waals surface area contributed by atoms with Crippen LogP contribution in [0.2, 0.25) is 0 Å². The number of aromatic nitrogens is 2. The van der Waals surface area contributed by atoms with E-state index in [9.17, 15) is 4.79 Å². The van der Waals surface area contributed by atoms with E-state index in [0.29, 0.717) is 19.4 Å². The summed E-state index contributed by atoms with van der Waals surface area (Å²) >= 11 is 0. The van der Waals surface area contributed by atoms with Crippen molar-refractivity contribution in [2.75, 3.05) is 6.54 Å². The molecule has 0 spiro atoms. The molecule has 0 amide bonds. The van der Waals surface area contributed by atoms with Gasteiger partial charge in [-0.3, -0.25) is 9.48 Å². The number of carbonyl (C=O) groups is 1. The molecule has 1 heterocycles. The first-order valence-corrected chi connectivity index (χ1v) is 7.26. The Labute approximate surface area is 119 Å². The Bertz CT molecular complexity index is 635. The van der Waals surface area contributed by atoms with Crippen molar-refractivity contribution in [3.63, 3.8) is 0 Å². The number of aryl methyl sites for hydroxylation is 1. The number of nitrogens with zero attached hydrogens (tertiary/aromatic N) is 2. The van der Waals surface area contributed by atoms with E-state index >= 15 is 0 Å². The highest BCUT2D eigenvalue weighted by atomic mass is 16.1. The molecule has 1 saturated carbocycles. The summed E-state index contributed by atoms with van der Waals surface area (Å²) in [6.45, 7) is 0.627. The molecule has 2 N–H and O–H groups in total. The monoisotopic (exact) mass is 271 g/mol. The predicted octanol–water partition coefficient (Wildman–Crippen LogP) is 2.20. The Kier molecular flexibility index (Phi) is 3.34. The molecular weight excluding hydrogens is 250 g/mol. The van der Waals surface area contributed by atoms with Gasteiger partial charge in [0.25, 0.3) is 0 Å². The number of carbonyl (C=O) groups excluding carboxylic acids is 1. The molecule has 2 aromatic rings. The largest absolute Gasteiger partial charge is 0.330 e. The quantitative estimate of drug-likeness (QED) is 0.907. The van der Waals surface area contributed by atoms with Crippen molar-refractivity contribution in [1.82, 2.24) is 9.78 Å². The summed E-state index contributed by atoms with van der Waals surface area (Å²) in [7, 11) is 1.92. The number of rotatable bonds is 5. The molecule has 4 nitrogen and oxygen atoms in total. The second-order valence-electron chi connectivity index (χ2n) is 6.04. The van der Waals surface area contributed by atoms with Gasteiger partial charge < -0.3 is 5.73 Å². The van der Waals surface area contributed by atoms with Gasteiger partial charge in [0, 0.05) is 18.9 Å². The zero-order valence-corrected chi connectivity index (χ0v) is 11.9. The van der Waals surface area contributed by atoms with Crippen molar-refractivity contribution >= 4 is 16.7 Å². The van der Waals surface area contributed by atoms with Crippen LogP contribution in [0.4, 0.5) is 0 Å². The molecular formula is C16H21N3O. The molecule has 1 aliphatic rings. The fourth-order valence-corrected chi connectivity index (χ4v) is 3.22. The molecule has 1 aliphatic carbocycles. The maximum absolute atomic E-state index is 12.3. The van der Waals surface area contributed by atoms with Gasteiger partial charge >= 0.3 is 0 Å². The minimum atomic E-state index is 0.0850. The molecule has 0 bridgehead atoms. The molecule has 3 rings (SSSR count). The van der Waals surface area contributed by atoms with Gasteiger partial charge in [0.15, 0.2) is 0 Å². The van der Waals surface area contributed by atoms with Crippen molar-refractivity contribution in [3.05, 3.63) is 30.0 Å². The second kappa shape index (κ2) is 5.02. The van der Waals surface area contributed by atoms with Gasteiger partial charge in [-0.25, -0.2) is 0 Å². The first kappa shape index (κ1) is 13.3. The summed E-state index contributed by atoms with van der Waals surface area (Å²) in [5.41, 5.74) is 7.88. The molecule has 1 fully saturated rings. The smallest absolute Gasteiger partial charge is 0.139 e. The van der Waals surface area contributed by atoms with E-state index in [1.165, 1.54) is 6.42 Å². The third-order valence-corrected chi connectivity index (χ3v) is 4.62. The first-order chi connectivity index (χ1) is 9.63. The van der Waals surface area contributed by atoms with E-state index in [2.05, 4.69) is 5.10 Å². The Hall–Kier alpha value is -1.68. The van der Waals surface area contributed by atoms with Gasteiger partial charge in [0.05, 0.1) is 17.6 Å². The SMILES string of the molecule is Cn1nc(CC(=O)CC2(CN)CCC2)c2ccccc21. The number of benzene rings is 1. The maximum atomic E-state index is 12.3. The average molecular weight is 271 g/mol. The van der Waals surface area contributed by atoms with Gasteiger partial charge in [0.2, 0.25) is 0 Å². The predicted molar refractivity (Wildman–Crippen MR) is 79.4 cm³/mol. The van der Waals surface area contributed by atoms with Gasteiger partial charge in [-0.05, 0) is 30.9 Å². The van der Waals surface area contributed by atoms with Crippen molar-refractivity contribution in [1.29, 1.82) is 0 Å². The molecule has 0 atom stereocenters. The number of ketones is 1. The molecule has 106 valence electrons. The minimum Gasteiger partial charge on any atom is -0.330 e. The van der Waals surface area contributed by atoms with Crippen LogP contribution in [-0.2, 0) is 18.3 Å². The van der Waals surface area contributed by atoms with Crippen molar-refractivity contribution in [2.24, 2.45) is 18.2 Å². The first-order valence-electron chi connectivity index (χ1n) is 7.26. The standard InChI is InChI=1S/C16H21N3O/c1-19-15-6-3-2-5-13(15)14(18-19)9-12(20)10-16(11-17)7-4-8-16/h2-3,5-6H,4,7-11,17H2,1H3. The fraction of sp³-hybridized carbons (Fsp3) is 0.500. The number of nitrogens with two attached hydrogens (primary N) is 1. The Morgan fingerprint density at radius 1 is 1.40 bits per heavy atom. The summed E-state index contributed by atoms with van der Waals surface area (Å²) in [5.74, 6) is 0.263. The van der Waals surface area contributed by atoms with Crippen LogP contribution in [-0.4, -0.2) is 22.1 Å². The lowest BCUT2D eigenvalue weighted by Gasteiger charge is -2.40. The maximum Gasteiger partial charge on any atom is 0.139 e. The molecule has 1 aromatic heterocycles. The topological polar surface area (TPSA) is 60.9 Å². The fourth-order valence-electron chi connectivity index (χ4n) is 3.22. The summed E-state index contributed by atoms with van der Waals surface area (Å²) in [6.07, 6.45) is 4.42. The molecule has 1 aromatic carbocycles. The van der Waals surface area contributed by atoms with E-state index in [0.717, 1.165) is 29.4 Å². The van der Waals surface area contributed by atoms with Gasteiger partial charge in [-0.15, -0.1) is 0 Å². The van der Waals surface area contributed by atoms with Gasteiger partial charge in [-0.2, -0.15) is 5.10 Å². The lowest BCUT2D eigenvalue weighted by atomic mass is 9.65. The van der Waals surface area contributed by atoms with E-state index in [1.54, 1.807) is 0 Å². The van der Waals surface area contributed by atoms with E-state index in [1.807, 2.05) is 36.0 Å². The van der Waals surface area contributed by atoms with Crippen LogP contribution in [0.3, 0.4) is 0 Å². The molecule has 0 radical (unpaired) electrons. The molecule has 4 heteroatoms. The minimum absolute atomic E-state index is 0.0850. The number of fused-ring (bicyclic) bond motifs is 1. The number of Topliss-reactive ketones (excluding diaryl/α,β-unsaturated/α-hetero) is 1. The second-order valence-corrected chi connectivity index (χ2v) is 6.04. The van der Waals surface area contributed by atoms with Crippen LogP contribution in [0.25, 0.3) is 10.9 Å². The lowest BCUT2D eigenvalue weighted by Crippen LogP contribution is -2.39. The van der Waals surface area contributed by atoms with Crippen molar-refractivity contribution in [3.8, 4) is 0 Å². The number of para-hydroxylation sites is 1. The molecule has 20 heavy (non-hydrogen) atoms. The van der Waals surface area contributed by atoms with E-state index in [-0.39, 0.29) is 11.2 Å². The molecule has 0 unspecified atom stereocenters. The summed E-state index contributed by atoms with van der Waals surface area (Å²) in [5, 5.41) is 5.58. The number of hydrogen-bond acceptors (Lipinski definition) is 3. The van der Waals surface area contributed by atoms with Crippen LogP contribution in [0.5, 0.6) is 0 Å². The summed E-state index contributed by atoms with van der Waals surface area (Å²) in [4.78, 5) is 12.3. The Morgan fingerprint density at radius 3 is 2.80 bits per heavy atom. The Morgan fingerprint density at radius 2 is 2.15 bits per heavy atom. The normalized spacial score (nSPS) is 17.1. The summed E-state index contributed by atoms with van der Waals surface area (Å²) < 4.78 is 1.85. The van der Waals surface area contributed by atoms with Crippen LogP contribution in [0, 0.1) is 5.41 Å². The van der Waals surface area contributed by atoms with Crippen LogP contribution < -0.4 is 5.73 Å². The zero-order chi connectivity index (χ0) is 14.2. The van der Waals surface area contributed by atoms with Gasteiger partial charge in [0.1, 0.15) is 5.78 Å². The van der Waals surface area contributed by atoms with Gasteiger partial charge in [-0.1, -0.05) is 24.6 Å². The van der Waals surface area contributed by atoms with Crippen molar-refractivity contribution in [2.45, 2.75) is 32.1 Å². The third kappa shape index (κ3) is 2.24. The molecule has 0 aliphatic heterocycles. The zero-order valence-electron chi connectivity index (χ0n) is 11.9. The molecule has 0 saturated heterocycles. The van der Waals surface area contributed by atoms with Crippen molar-refractivity contribution < 1.29 is 4.79 Å². The van der Waals surface area contributed by atoms with Crippen LogP contribution in [0.1, 0.15) is 31.4 Å². The lowest BCUT2D eigenvalue weighted by molar-refractivity contribution is -0.122. The highest BCUT2D eigenvalue weighted by Crippen LogP contribution is 2.43.